The maximum Gasteiger partial charge on any atom is 0.142 e. The molecular weight excluding hydrogens is 268 g/mol. The summed E-state index contributed by atoms with van der Waals surface area (Å²) in [7, 11) is 2.14. The molecule has 1 fully saturated rings. The number of benzene rings is 1. The van der Waals surface area contributed by atoms with Gasteiger partial charge in [0.2, 0.25) is 0 Å². The van der Waals surface area contributed by atoms with Gasteiger partial charge in [0.15, 0.2) is 0 Å². The minimum Gasteiger partial charge on any atom is -0.488 e. The van der Waals surface area contributed by atoms with Crippen LogP contribution in [0, 0.1) is 0 Å². The van der Waals surface area contributed by atoms with Gasteiger partial charge in [-0.15, -0.1) is 0 Å². The molecule has 88 valence electrons. The van der Waals surface area contributed by atoms with Crippen molar-refractivity contribution >= 4 is 21.6 Å². The Morgan fingerprint density at radius 2 is 2.06 bits per heavy atom. The zero-order chi connectivity index (χ0) is 11.5. The number of halogens is 1. The third-order valence-electron chi connectivity index (χ3n) is 2.93. The summed E-state index contributed by atoms with van der Waals surface area (Å²) in [6.45, 7) is 2.20. The molecule has 0 spiro atoms. The predicted molar refractivity (Wildman–Crippen MR) is 69.7 cm³/mol. The fourth-order valence-electron chi connectivity index (χ4n) is 1.91. The van der Waals surface area contributed by atoms with Crippen LogP contribution in [0.15, 0.2) is 22.7 Å². The van der Waals surface area contributed by atoms with E-state index in [-0.39, 0.29) is 0 Å². The van der Waals surface area contributed by atoms with Crippen LogP contribution in [-0.2, 0) is 0 Å². The van der Waals surface area contributed by atoms with Gasteiger partial charge >= 0.3 is 0 Å². The molecule has 2 N–H and O–H groups in total. The summed E-state index contributed by atoms with van der Waals surface area (Å²) in [5.74, 6) is 0.803. The first kappa shape index (κ1) is 11.7. The van der Waals surface area contributed by atoms with Crippen LogP contribution in [0.3, 0.4) is 0 Å². The third kappa shape index (κ3) is 2.89. The summed E-state index contributed by atoms with van der Waals surface area (Å²) in [5.41, 5.74) is 6.60. The second-order valence-corrected chi connectivity index (χ2v) is 5.22. The second kappa shape index (κ2) is 5.06. The lowest BCUT2D eigenvalue weighted by Gasteiger charge is -2.29. The molecule has 1 aliphatic rings. The average Bonchev–Trinajstić information content (AvgIpc) is 2.25. The van der Waals surface area contributed by atoms with Gasteiger partial charge in [-0.05, 0) is 38.1 Å². The van der Waals surface area contributed by atoms with Gasteiger partial charge in [-0.1, -0.05) is 15.9 Å². The largest absolute Gasteiger partial charge is 0.488 e. The summed E-state index contributed by atoms with van der Waals surface area (Å²) >= 11 is 3.39. The second-order valence-electron chi connectivity index (χ2n) is 4.30. The lowest BCUT2D eigenvalue weighted by Crippen LogP contribution is -2.35. The van der Waals surface area contributed by atoms with Crippen molar-refractivity contribution in [3.8, 4) is 5.75 Å². The average molecular weight is 285 g/mol. The van der Waals surface area contributed by atoms with Crippen LogP contribution in [0.5, 0.6) is 5.75 Å². The van der Waals surface area contributed by atoms with E-state index in [9.17, 15) is 0 Å². The van der Waals surface area contributed by atoms with Gasteiger partial charge in [0, 0.05) is 17.6 Å². The van der Waals surface area contributed by atoms with Crippen LogP contribution < -0.4 is 10.5 Å². The Labute approximate surface area is 105 Å². The van der Waals surface area contributed by atoms with E-state index in [4.69, 9.17) is 10.5 Å². The zero-order valence-electron chi connectivity index (χ0n) is 9.45. The molecule has 0 atom stereocenters. The first-order valence-electron chi connectivity index (χ1n) is 5.55. The van der Waals surface area contributed by atoms with Crippen molar-refractivity contribution in [2.24, 2.45) is 0 Å². The molecule has 1 heterocycles. The fourth-order valence-corrected chi connectivity index (χ4v) is 2.29. The van der Waals surface area contributed by atoms with Crippen LogP contribution in [0.2, 0.25) is 0 Å². The van der Waals surface area contributed by atoms with Crippen molar-refractivity contribution in [2.75, 3.05) is 25.9 Å². The maximum atomic E-state index is 5.92. The Morgan fingerprint density at radius 3 is 2.69 bits per heavy atom. The number of nitrogen functional groups attached to an aromatic ring is 1. The van der Waals surface area contributed by atoms with E-state index in [2.05, 4.69) is 27.9 Å². The number of rotatable bonds is 2. The van der Waals surface area contributed by atoms with Crippen molar-refractivity contribution in [3.05, 3.63) is 22.7 Å². The Hall–Kier alpha value is -0.740. The minimum absolute atomic E-state index is 0.305. The molecule has 4 heteroatoms. The predicted octanol–water partition coefficient (Wildman–Crippen LogP) is 2.50. The highest BCUT2D eigenvalue weighted by atomic mass is 79.9. The topological polar surface area (TPSA) is 38.5 Å². The molecule has 1 aromatic rings. The fraction of sp³-hybridized carbons (Fsp3) is 0.500. The Balaban J connectivity index is 1.98. The molecule has 1 aliphatic heterocycles. The van der Waals surface area contributed by atoms with Crippen molar-refractivity contribution in [3.63, 3.8) is 0 Å². The molecule has 0 aliphatic carbocycles. The number of hydrogen-bond acceptors (Lipinski definition) is 3. The van der Waals surface area contributed by atoms with Gasteiger partial charge in [-0.2, -0.15) is 0 Å². The molecule has 0 aromatic heterocycles. The van der Waals surface area contributed by atoms with Crippen LogP contribution in [0.4, 0.5) is 5.69 Å². The molecule has 0 unspecified atom stereocenters. The lowest BCUT2D eigenvalue weighted by atomic mass is 10.1. The smallest absolute Gasteiger partial charge is 0.142 e. The third-order valence-corrected chi connectivity index (χ3v) is 3.42. The van der Waals surface area contributed by atoms with Gasteiger partial charge < -0.3 is 15.4 Å². The molecule has 0 saturated carbocycles. The molecule has 3 nitrogen and oxygen atoms in total. The van der Waals surface area contributed by atoms with E-state index in [1.165, 1.54) is 0 Å². The standard InChI is InChI=1S/C12H17BrN2O/c1-15-6-4-10(5-7-15)16-12-3-2-9(13)8-11(12)14/h2-3,8,10H,4-7,14H2,1H3. The zero-order valence-corrected chi connectivity index (χ0v) is 11.0. The van der Waals surface area contributed by atoms with Crippen LogP contribution in [-0.4, -0.2) is 31.1 Å². The van der Waals surface area contributed by atoms with E-state index in [0.29, 0.717) is 11.8 Å². The maximum absolute atomic E-state index is 5.92. The van der Waals surface area contributed by atoms with E-state index in [1.54, 1.807) is 0 Å². The number of nitrogens with zero attached hydrogens (tertiary/aromatic N) is 1. The molecule has 1 aromatic carbocycles. The number of hydrogen-bond donors (Lipinski definition) is 1. The van der Waals surface area contributed by atoms with Gasteiger partial charge in [-0.25, -0.2) is 0 Å². The number of ether oxygens (including phenoxy) is 1. The number of likely N-dealkylation sites (tertiary alicyclic amines) is 1. The molecule has 0 amide bonds. The quantitative estimate of drug-likeness (QED) is 0.848. The Bertz CT molecular complexity index is 362. The summed E-state index contributed by atoms with van der Waals surface area (Å²) < 4.78 is 6.90. The number of nitrogens with two attached hydrogens (primary N) is 1. The number of piperidine rings is 1. The van der Waals surface area contributed by atoms with Gasteiger partial charge in [0.1, 0.15) is 11.9 Å². The lowest BCUT2D eigenvalue weighted by molar-refractivity contribution is 0.115. The molecule has 2 rings (SSSR count). The first-order chi connectivity index (χ1) is 7.65. The van der Waals surface area contributed by atoms with Gasteiger partial charge in [0.25, 0.3) is 0 Å². The van der Waals surface area contributed by atoms with Crippen molar-refractivity contribution in [2.45, 2.75) is 18.9 Å². The summed E-state index contributed by atoms with van der Waals surface area (Å²) in [5, 5.41) is 0. The SMILES string of the molecule is CN1CCC(Oc2ccc(Br)cc2N)CC1. The van der Waals surface area contributed by atoms with E-state index >= 15 is 0 Å². The molecular formula is C12H17BrN2O. The Morgan fingerprint density at radius 1 is 1.38 bits per heavy atom. The highest BCUT2D eigenvalue weighted by Gasteiger charge is 2.18. The molecule has 1 saturated heterocycles. The van der Waals surface area contributed by atoms with Crippen LogP contribution >= 0.6 is 15.9 Å². The molecule has 16 heavy (non-hydrogen) atoms. The monoisotopic (exact) mass is 284 g/mol. The van der Waals surface area contributed by atoms with Crippen molar-refractivity contribution in [1.29, 1.82) is 0 Å². The molecule has 0 radical (unpaired) electrons. The van der Waals surface area contributed by atoms with E-state index in [0.717, 1.165) is 36.2 Å². The minimum atomic E-state index is 0.305. The van der Waals surface area contributed by atoms with Crippen LogP contribution in [0.25, 0.3) is 0 Å². The number of anilines is 1. The Kier molecular flexibility index (Phi) is 3.71. The highest BCUT2D eigenvalue weighted by molar-refractivity contribution is 9.10. The van der Waals surface area contributed by atoms with E-state index in [1.807, 2.05) is 18.2 Å². The normalized spacial score (nSPS) is 18.6. The first-order valence-corrected chi connectivity index (χ1v) is 6.34. The molecule has 0 bridgehead atoms. The summed E-state index contributed by atoms with van der Waals surface area (Å²) in [6.07, 6.45) is 2.46. The highest BCUT2D eigenvalue weighted by Crippen LogP contribution is 2.27. The van der Waals surface area contributed by atoms with Gasteiger partial charge in [-0.3, -0.25) is 0 Å². The van der Waals surface area contributed by atoms with Crippen molar-refractivity contribution < 1.29 is 4.74 Å². The summed E-state index contributed by atoms with van der Waals surface area (Å²) in [4.78, 5) is 2.32. The van der Waals surface area contributed by atoms with Gasteiger partial charge in [0.05, 0.1) is 5.69 Å². The van der Waals surface area contributed by atoms with Crippen LogP contribution in [0.1, 0.15) is 12.8 Å². The summed E-state index contributed by atoms with van der Waals surface area (Å²) in [6, 6.07) is 5.77. The van der Waals surface area contributed by atoms with E-state index < -0.39 is 0 Å². The van der Waals surface area contributed by atoms with Crippen molar-refractivity contribution in [1.82, 2.24) is 4.90 Å².